The first-order valence-electron chi connectivity index (χ1n) is 8.96. The number of nitrogens with two attached hydrogens (primary N) is 1. The van der Waals surface area contributed by atoms with Crippen LogP contribution in [0, 0.1) is 6.92 Å². The van der Waals surface area contributed by atoms with Crippen LogP contribution in [-0.4, -0.2) is 41.0 Å². The minimum absolute atomic E-state index is 0.152. The first kappa shape index (κ1) is 21.1. The molecule has 1 heterocycles. The van der Waals surface area contributed by atoms with Crippen molar-refractivity contribution in [1.82, 2.24) is 4.90 Å². The molecule has 3 N–H and O–H groups in total. The van der Waals surface area contributed by atoms with E-state index in [1.165, 1.54) is 6.08 Å². The van der Waals surface area contributed by atoms with Crippen LogP contribution in [0.5, 0.6) is 5.75 Å². The lowest BCUT2D eigenvalue weighted by atomic mass is 10.2. The van der Waals surface area contributed by atoms with Crippen LogP contribution >= 0.6 is 11.8 Å². The molecule has 2 aromatic rings. The number of rotatable bonds is 7. The zero-order valence-corrected chi connectivity index (χ0v) is 16.9. The third-order valence-electron chi connectivity index (χ3n) is 4.17. The van der Waals surface area contributed by atoms with E-state index in [4.69, 9.17) is 10.5 Å². The van der Waals surface area contributed by atoms with E-state index in [2.05, 4.69) is 5.32 Å². The summed E-state index contributed by atoms with van der Waals surface area (Å²) in [7, 11) is 0. The fraction of sp³-hybridized carbons (Fsp3) is 0.143. The summed E-state index contributed by atoms with van der Waals surface area (Å²) in [6.07, 6.45) is 1.49. The molecule has 1 aliphatic rings. The Hall–Kier alpha value is -3.59. The van der Waals surface area contributed by atoms with Crippen LogP contribution in [0.4, 0.5) is 10.5 Å². The number of nitrogens with zero attached hydrogens (tertiary/aromatic N) is 1. The maximum atomic E-state index is 12.7. The van der Waals surface area contributed by atoms with Crippen LogP contribution in [0.1, 0.15) is 11.1 Å². The number of primary amides is 1. The smallest absolute Gasteiger partial charge is 0.294 e. The monoisotopic (exact) mass is 425 g/mol. The van der Waals surface area contributed by atoms with E-state index in [1.807, 2.05) is 19.1 Å². The molecule has 1 aliphatic heterocycles. The molecule has 0 saturated carbocycles. The second-order valence-electron chi connectivity index (χ2n) is 6.42. The molecule has 2 aromatic carbocycles. The van der Waals surface area contributed by atoms with Crippen LogP contribution < -0.4 is 15.8 Å². The SMILES string of the molecule is Cc1ccccc1NC(=O)CN1C(=O)S/C(=C/c2ccccc2OCC(N)=O)C1=O. The minimum Gasteiger partial charge on any atom is -0.483 e. The third-order valence-corrected chi connectivity index (χ3v) is 5.08. The molecule has 30 heavy (non-hydrogen) atoms. The van der Waals surface area contributed by atoms with Gasteiger partial charge in [-0.05, 0) is 42.5 Å². The molecule has 0 atom stereocenters. The zero-order valence-electron chi connectivity index (χ0n) is 16.1. The van der Waals surface area contributed by atoms with Crippen molar-refractivity contribution in [2.24, 2.45) is 5.73 Å². The first-order chi connectivity index (χ1) is 14.3. The van der Waals surface area contributed by atoms with E-state index in [0.717, 1.165) is 22.2 Å². The number of thioether (sulfide) groups is 1. The highest BCUT2D eigenvalue weighted by molar-refractivity contribution is 8.18. The number of carbonyl (C=O) groups is 4. The Labute approximate surface area is 177 Å². The third kappa shape index (κ3) is 5.06. The largest absolute Gasteiger partial charge is 0.483 e. The van der Waals surface area contributed by atoms with Gasteiger partial charge in [-0.2, -0.15) is 0 Å². The van der Waals surface area contributed by atoms with Crippen LogP contribution in [0.25, 0.3) is 6.08 Å². The fourth-order valence-electron chi connectivity index (χ4n) is 2.70. The predicted molar refractivity (Wildman–Crippen MR) is 114 cm³/mol. The Morgan fingerprint density at radius 3 is 2.57 bits per heavy atom. The summed E-state index contributed by atoms with van der Waals surface area (Å²) in [5.41, 5.74) is 7.09. The molecular formula is C21H19N3O5S. The lowest BCUT2D eigenvalue weighted by Gasteiger charge is -2.13. The second kappa shape index (κ2) is 9.27. The molecule has 9 heteroatoms. The number of imide groups is 1. The number of hydrogen-bond donors (Lipinski definition) is 2. The number of ether oxygens (including phenoxy) is 1. The number of aryl methyl sites for hydroxylation is 1. The van der Waals surface area contributed by atoms with Crippen LogP contribution in [0.3, 0.4) is 0 Å². The highest BCUT2D eigenvalue weighted by atomic mass is 32.2. The van der Waals surface area contributed by atoms with Gasteiger partial charge in [-0.1, -0.05) is 36.4 Å². The summed E-state index contributed by atoms with van der Waals surface area (Å²) in [6.45, 7) is 1.14. The summed E-state index contributed by atoms with van der Waals surface area (Å²) in [5, 5.41) is 2.16. The second-order valence-corrected chi connectivity index (χ2v) is 7.42. The summed E-state index contributed by atoms with van der Waals surface area (Å²) in [6, 6.07) is 13.9. The van der Waals surface area contributed by atoms with Gasteiger partial charge in [-0.25, -0.2) is 0 Å². The number of nitrogens with one attached hydrogen (secondary N) is 1. The normalized spacial score (nSPS) is 14.8. The van der Waals surface area contributed by atoms with Crippen LogP contribution in [0.15, 0.2) is 53.4 Å². The quantitative estimate of drug-likeness (QED) is 0.658. The van der Waals surface area contributed by atoms with Crippen molar-refractivity contribution in [2.75, 3.05) is 18.5 Å². The van der Waals surface area contributed by atoms with Crippen LogP contribution in [0.2, 0.25) is 0 Å². The molecule has 0 aliphatic carbocycles. The van der Waals surface area contributed by atoms with Crippen molar-refractivity contribution in [3.05, 3.63) is 64.6 Å². The molecular weight excluding hydrogens is 406 g/mol. The molecule has 0 radical (unpaired) electrons. The number of carbonyl (C=O) groups excluding carboxylic acids is 4. The Kier molecular flexibility index (Phi) is 6.53. The maximum Gasteiger partial charge on any atom is 0.294 e. The average Bonchev–Trinajstić information content (AvgIpc) is 2.96. The highest BCUT2D eigenvalue weighted by Gasteiger charge is 2.36. The van der Waals surface area contributed by atoms with Gasteiger partial charge >= 0.3 is 0 Å². The lowest BCUT2D eigenvalue weighted by molar-refractivity contribution is -0.127. The van der Waals surface area contributed by atoms with E-state index in [0.29, 0.717) is 17.0 Å². The minimum atomic E-state index is -0.634. The van der Waals surface area contributed by atoms with Gasteiger partial charge in [-0.3, -0.25) is 24.1 Å². The van der Waals surface area contributed by atoms with E-state index >= 15 is 0 Å². The summed E-state index contributed by atoms with van der Waals surface area (Å²) >= 11 is 0.733. The van der Waals surface area contributed by atoms with Crippen molar-refractivity contribution in [1.29, 1.82) is 0 Å². The highest BCUT2D eigenvalue weighted by Crippen LogP contribution is 2.34. The molecule has 154 valence electrons. The first-order valence-corrected chi connectivity index (χ1v) is 9.78. The molecule has 1 fully saturated rings. The lowest BCUT2D eigenvalue weighted by Crippen LogP contribution is -2.36. The van der Waals surface area contributed by atoms with Crippen molar-refractivity contribution in [2.45, 2.75) is 6.92 Å². The number of hydrogen-bond acceptors (Lipinski definition) is 6. The molecule has 3 rings (SSSR count). The molecule has 0 bridgehead atoms. The Morgan fingerprint density at radius 1 is 1.13 bits per heavy atom. The van der Waals surface area contributed by atoms with E-state index in [9.17, 15) is 19.2 Å². The van der Waals surface area contributed by atoms with E-state index < -0.39 is 29.5 Å². The van der Waals surface area contributed by atoms with Crippen molar-refractivity contribution in [3.8, 4) is 5.75 Å². The van der Waals surface area contributed by atoms with Crippen molar-refractivity contribution < 1.29 is 23.9 Å². The molecule has 0 aromatic heterocycles. The molecule has 1 saturated heterocycles. The predicted octanol–water partition coefficient (Wildman–Crippen LogP) is 2.53. The Bertz CT molecular complexity index is 1050. The van der Waals surface area contributed by atoms with Gasteiger partial charge in [0.25, 0.3) is 17.1 Å². The van der Waals surface area contributed by atoms with Gasteiger partial charge in [0.2, 0.25) is 5.91 Å². The molecule has 0 unspecified atom stereocenters. The fourth-order valence-corrected chi connectivity index (χ4v) is 3.53. The van der Waals surface area contributed by atoms with Gasteiger partial charge in [0.05, 0.1) is 4.91 Å². The number of benzene rings is 2. The van der Waals surface area contributed by atoms with Gasteiger partial charge < -0.3 is 15.8 Å². The maximum absolute atomic E-state index is 12.7. The standard InChI is InChI=1S/C21H19N3O5S/c1-13-6-2-4-8-15(13)23-19(26)11-24-20(27)17(30-21(24)28)10-14-7-3-5-9-16(14)29-12-18(22)25/h2-10H,11-12H2,1H3,(H2,22,25)(H,23,26)/b17-10+. The summed E-state index contributed by atoms with van der Waals surface area (Å²) in [5.74, 6) is -1.34. The Balaban J connectivity index is 1.73. The molecule has 4 amide bonds. The van der Waals surface area contributed by atoms with E-state index in [-0.39, 0.29) is 11.5 Å². The van der Waals surface area contributed by atoms with Gasteiger partial charge in [0, 0.05) is 11.3 Å². The molecule has 8 nitrogen and oxygen atoms in total. The summed E-state index contributed by atoms with van der Waals surface area (Å²) < 4.78 is 5.34. The van der Waals surface area contributed by atoms with Gasteiger partial charge in [0.15, 0.2) is 6.61 Å². The number of para-hydroxylation sites is 2. The molecule has 0 spiro atoms. The summed E-state index contributed by atoms with van der Waals surface area (Å²) in [4.78, 5) is 49.3. The van der Waals surface area contributed by atoms with Crippen molar-refractivity contribution in [3.63, 3.8) is 0 Å². The van der Waals surface area contributed by atoms with Crippen molar-refractivity contribution >= 4 is 46.5 Å². The van der Waals surface area contributed by atoms with E-state index in [1.54, 1.807) is 36.4 Å². The number of amides is 4. The Morgan fingerprint density at radius 2 is 1.83 bits per heavy atom. The zero-order chi connectivity index (χ0) is 21.7. The van der Waals surface area contributed by atoms with Gasteiger partial charge in [-0.15, -0.1) is 0 Å². The average molecular weight is 425 g/mol. The van der Waals surface area contributed by atoms with Gasteiger partial charge in [0.1, 0.15) is 12.3 Å². The van der Waals surface area contributed by atoms with Crippen LogP contribution in [-0.2, 0) is 14.4 Å². The topological polar surface area (TPSA) is 119 Å². The number of anilines is 1.